The summed E-state index contributed by atoms with van der Waals surface area (Å²) in [6, 6.07) is 6.20. The minimum Gasteiger partial charge on any atom is -0.493 e. The first-order chi connectivity index (χ1) is 10.1. The fraction of sp³-hybridized carbons (Fsp3) is 0.438. The normalized spacial score (nSPS) is 11.1. The lowest BCUT2D eigenvalue weighted by Crippen LogP contribution is -2.22. The molecule has 0 radical (unpaired) electrons. The second-order valence-corrected chi connectivity index (χ2v) is 6.62. The van der Waals surface area contributed by atoms with Crippen LogP contribution in [0.2, 0.25) is 5.02 Å². The average molecular weight is 325 g/mol. The van der Waals surface area contributed by atoms with Crippen LogP contribution in [0.5, 0.6) is 5.75 Å². The van der Waals surface area contributed by atoms with Crippen molar-refractivity contribution in [3.05, 3.63) is 44.9 Å². The summed E-state index contributed by atoms with van der Waals surface area (Å²) in [6.07, 6.45) is 0.885. The molecule has 114 valence electrons. The number of nitrogens with zero attached hydrogens (tertiary/aromatic N) is 1. The Kier molecular flexibility index (Phi) is 6.03. The van der Waals surface area contributed by atoms with Crippen molar-refractivity contribution in [2.24, 2.45) is 0 Å². The van der Waals surface area contributed by atoms with Crippen LogP contribution >= 0.6 is 22.9 Å². The molecule has 1 heterocycles. The summed E-state index contributed by atoms with van der Waals surface area (Å²) in [4.78, 5) is 5.54. The van der Waals surface area contributed by atoms with Crippen LogP contribution in [-0.4, -0.2) is 17.6 Å². The Hall–Kier alpha value is -1.10. The summed E-state index contributed by atoms with van der Waals surface area (Å²) < 4.78 is 5.93. The van der Waals surface area contributed by atoms with Crippen LogP contribution in [0, 0.1) is 6.92 Å². The van der Waals surface area contributed by atoms with Gasteiger partial charge in [-0.05, 0) is 25.1 Å². The Balaban J connectivity index is 1.96. The number of ether oxygens (including phenoxy) is 1. The molecule has 0 spiro atoms. The highest BCUT2D eigenvalue weighted by molar-refractivity contribution is 7.09. The summed E-state index contributed by atoms with van der Waals surface area (Å²) in [5.41, 5.74) is 4.07. The van der Waals surface area contributed by atoms with Gasteiger partial charge in [-0.15, -0.1) is 11.3 Å². The lowest BCUT2D eigenvalue weighted by atomic mass is 10.2. The minimum atomic E-state index is 0.427. The highest BCUT2D eigenvalue weighted by Crippen LogP contribution is 2.23. The van der Waals surface area contributed by atoms with E-state index in [0.29, 0.717) is 12.6 Å². The maximum absolute atomic E-state index is 6.08. The summed E-state index contributed by atoms with van der Waals surface area (Å²) >= 11 is 7.76. The van der Waals surface area contributed by atoms with E-state index in [9.17, 15) is 0 Å². The number of nitrogens with one attached hydrogen (secondary N) is 1. The van der Waals surface area contributed by atoms with Gasteiger partial charge in [0.05, 0.1) is 17.8 Å². The van der Waals surface area contributed by atoms with Gasteiger partial charge in [-0.3, -0.25) is 0 Å². The van der Waals surface area contributed by atoms with Gasteiger partial charge in [0.15, 0.2) is 0 Å². The van der Waals surface area contributed by atoms with E-state index in [-0.39, 0.29) is 0 Å². The van der Waals surface area contributed by atoms with Gasteiger partial charge in [0, 0.05) is 34.5 Å². The Morgan fingerprint density at radius 1 is 1.38 bits per heavy atom. The number of aromatic nitrogens is 1. The molecular weight excluding hydrogens is 304 g/mol. The minimum absolute atomic E-state index is 0.427. The van der Waals surface area contributed by atoms with E-state index in [1.807, 2.05) is 30.6 Å². The summed E-state index contributed by atoms with van der Waals surface area (Å²) in [5.74, 6) is 0.898. The van der Waals surface area contributed by atoms with Gasteiger partial charge in [0.2, 0.25) is 0 Å². The van der Waals surface area contributed by atoms with Crippen molar-refractivity contribution in [2.45, 2.75) is 39.8 Å². The van der Waals surface area contributed by atoms with Crippen molar-refractivity contribution in [1.29, 1.82) is 0 Å². The van der Waals surface area contributed by atoms with Crippen LogP contribution in [-0.2, 0) is 13.0 Å². The van der Waals surface area contributed by atoms with E-state index < -0.39 is 0 Å². The summed E-state index contributed by atoms with van der Waals surface area (Å²) in [6.45, 7) is 7.69. The van der Waals surface area contributed by atoms with Crippen LogP contribution in [0.1, 0.15) is 30.0 Å². The molecule has 3 nitrogen and oxygen atoms in total. The summed E-state index contributed by atoms with van der Waals surface area (Å²) in [7, 11) is 0. The maximum Gasteiger partial charge on any atom is 0.123 e. The molecule has 2 aromatic rings. The van der Waals surface area contributed by atoms with Gasteiger partial charge in [0.25, 0.3) is 0 Å². The number of aryl methyl sites for hydroxylation is 1. The number of hydrogen-bond acceptors (Lipinski definition) is 4. The second kappa shape index (κ2) is 7.78. The monoisotopic (exact) mass is 324 g/mol. The van der Waals surface area contributed by atoms with Crippen LogP contribution in [0.15, 0.2) is 23.7 Å². The Morgan fingerprint density at radius 2 is 2.19 bits per heavy atom. The first-order valence-corrected chi connectivity index (χ1v) is 8.35. The van der Waals surface area contributed by atoms with Crippen LogP contribution in [0.25, 0.3) is 0 Å². The standard InChI is InChI=1S/C16H21ClN2OS/c1-11(2)18-9-13-8-14(17)4-5-15(13)20-7-6-16-12(3)19-10-21-16/h4-5,8,10-11,18H,6-7,9H2,1-3H3. The van der Waals surface area contributed by atoms with Crippen molar-refractivity contribution < 1.29 is 4.74 Å². The molecule has 1 aromatic heterocycles. The molecule has 0 atom stereocenters. The predicted octanol–water partition coefficient (Wildman–Crippen LogP) is 4.22. The lowest BCUT2D eigenvalue weighted by molar-refractivity contribution is 0.318. The number of hydrogen-bond donors (Lipinski definition) is 1. The average Bonchev–Trinajstić information content (AvgIpc) is 2.84. The van der Waals surface area contributed by atoms with Gasteiger partial charge in [-0.2, -0.15) is 0 Å². The lowest BCUT2D eigenvalue weighted by Gasteiger charge is -2.14. The van der Waals surface area contributed by atoms with E-state index in [1.54, 1.807) is 11.3 Å². The molecule has 5 heteroatoms. The highest BCUT2D eigenvalue weighted by Gasteiger charge is 2.07. The van der Waals surface area contributed by atoms with Gasteiger partial charge >= 0.3 is 0 Å². The second-order valence-electron chi connectivity index (χ2n) is 5.25. The summed E-state index contributed by atoms with van der Waals surface area (Å²) in [5, 5.41) is 4.13. The SMILES string of the molecule is Cc1ncsc1CCOc1ccc(Cl)cc1CNC(C)C. The van der Waals surface area contributed by atoms with Crippen molar-refractivity contribution >= 4 is 22.9 Å². The topological polar surface area (TPSA) is 34.1 Å². The highest BCUT2D eigenvalue weighted by atomic mass is 35.5. The fourth-order valence-corrected chi connectivity index (χ4v) is 2.92. The van der Waals surface area contributed by atoms with Crippen LogP contribution in [0.4, 0.5) is 0 Å². The Morgan fingerprint density at radius 3 is 2.86 bits per heavy atom. The van der Waals surface area contributed by atoms with E-state index in [1.165, 1.54) is 4.88 Å². The van der Waals surface area contributed by atoms with Gasteiger partial charge in [-0.1, -0.05) is 25.4 Å². The van der Waals surface area contributed by atoms with Gasteiger partial charge < -0.3 is 10.1 Å². The van der Waals surface area contributed by atoms with Crippen molar-refractivity contribution in [2.75, 3.05) is 6.61 Å². The molecule has 0 amide bonds. The number of benzene rings is 1. The zero-order valence-electron chi connectivity index (χ0n) is 12.6. The molecule has 1 aromatic carbocycles. The molecule has 2 rings (SSSR count). The zero-order valence-corrected chi connectivity index (χ0v) is 14.2. The smallest absolute Gasteiger partial charge is 0.123 e. The van der Waals surface area contributed by atoms with Crippen molar-refractivity contribution in [3.8, 4) is 5.75 Å². The van der Waals surface area contributed by atoms with Gasteiger partial charge in [-0.25, -0.2) is 4.98 Å². The molecule has 0 saturated carbocycles. The third kappa shape index (κ3) is 4.99. The Bertz CT molecular complexity index is 583. The molecular formula is C16H21ClN2OS. The fourth-order valence-electron chi connectivity index (χ4n) is 1.96. The molecule has 0 aliphatic carbocycles. The van der Waals surface area contributed by atoms with Crippen LogP contribution in [0.3, 0.4) is 0 Å². The van der Waals surface area contributed by atoms with Crippen LogP contribution < -0.4 is 10.1 Å². The third-order valence-electron chi connectivity index (χ3n) is 3.15. The van der Waals surface area contributed by atoms with Crippen molar-refractivity contribution in [3.63, 3.8) is 0 Å². The molecule has 0 fully saturated rings. The molecule has 0 aliphatic heterocycles. The first-order valence-electron chi connectivity index (χ1n) is 7.10. The maximum atomic E-state index is 6.08. The van der Waals surface area contributed by atoms with E-state index >= 15 is 0 Å². The van der Waals surface area contributed by atoms with Gasteiger partial charge in [0.1, 0.15) is 5.75 Å². The number of halogens is 1. The largest absolute Gasteiger partial charge is 0.493 e. The number of thiazole rings is 1. The molecule has 0 aliphatic rings. The van der Waals surface area contributed by atoms with Crippen molar-refractivity contribution in [1.82, 2.24) is 10.3 Å². The van der Waals surface area contributed by atoms with E-state index in [0.717, 1.165) is 35.0 Å². The van der Waals surface area contributed by atoms with E-state index in [4.69, 9.17) is 16.3 Å². The first kappa shape index (κ1) is 16.3. The quantitative estimate of drug-likeness (QED) is 0.827. The molecule has 0 saturated heterocycles. The predicted molar refractivity (Wildman–Crippen MR) is 89.5 cm³/mol. The number of rotatable bonds is 7. The third-order valence-corrected chi connectivity index (χ3v) is 4.38. The van der Waals surface area contributed by atoms with E-state index in [2.05, 4.69) is 24.1 Å². The molecule has 0 unspecified atom stereocenters. The molecule has 1 N–H and O–H groups in total. The molecule has 0 bridgehead atoms. The Labute approximate surface area is 135 Å². The molecule has 21 heavy (non-hydrogen) atoms. The zero-order chi connectivity index (χ0) is 15.2.